The van der Waals surface area contributed by atoms with Crippen LogP contribution < -0.4 is 16.4 Å². The monoisotopic (exact) mass is 457 g/mol. The lowest BCUT2D eigenvalue weighted by molar-refractivity contribution is -0.114. The van der Waals surface area contributed by atoms with Crippen molar-refractivity contribution in [3.8, 4) is 0 Å². The van der Waals surface area contributed by atoms with E-state index in [2.05, 4.69) is 60.1 Å². The van der Waals surface area contributed by atoms with E-state index >= 15 is 0 Å². The van der Waals surface area contributed by atoms with Crippen molar-refractivity contribution >= 4 is 17.7 Å². The van der Waals surface area contributed by atoms with Gasteiger partial charge in [0.25, 0.3) is 0 Å². The van der Waals surface area contributed by atoms with Crippen molar-refractivity contribution in [3.63, 3.8) is 0 Å². The van der Waals surface area contributed by atoms with Gasteiger partial charge in [-0.15, -0.1) is 0 Å². The van der Waals surface area contributed by atoms with E-state index in [1.54, 1.807) is 19.2 Å². The minimum Gasteiger partial charge on any atom is -0.402 e. The van der Waals surface area contributed by atoms with Gasteiger partial charge in [-0.25, -0.2) is 0 Å². The van der Waals surface area contributed by atoms with E-state index in [4.69, 9.17) is 5.73 Å². The predicted molar refractivity (Wildman–Crippen MR) is 142 cm³/mol. The smallest absolute Gasteiger partial charge is 0.175 e. The van der Waals surface area contributed by atoms with E-state index in [0.717, 1.165) is 41.1 Å². The lowest BCUT2D eigenvalue weighted by Crippen LogP contribution is -2.30. The largest absolute Gasteiger partial charge is 0.402 e. The topological polar surface area (TPSA) is 82.8 Å². The van der Waals surface area contributed by atoms with E-state index in [1.165, 1.54) is 5.56 Å². The van der Waals surface area contributed by atoms with Gasteiger partial charge in [0.1, 0.15) is 0 Å². The third kappa shape index (κ3) is 6.38. The molecule has 0 aliphatic carbocycles. The predicted octanol–water partition coefficient (Wildman–Crippen LogP) is 4.71. The number of benzene rings is 1. The highest BCUT2D eigenvalue weighted by Crippen LogP contribution is 2.27. The first-order valence-electron chi connectivity index (χ1n) is 11.4. The first-order chi connectivity index (χ1) is 16.1. The van der Waals surface area contributed by atoms with Gasteiger partial charge in [-0.3, -0.25) is 9.79 Å². The van der Waals surface area contributed by atoms with Crippen molar-refractivity contribution in [3.05, 3.63) is 101 Å². The van der Waals surface area contributed by atoms with Crippen LogP contribution in [0.25, 0.3) is 0 Å². The molecular weight excluding hydrogens is 422 g/mol. The Bertz CT molecular complexity index is 1140. The second-order valence-corrected chi connectivity index (χ2v) is 8.92. The third-order valence-corrected chi connectivity index (χ3v) is 5.95. The number of rotatable bonds is 9. The van der Waals surface area contributed by atoms with Gasteiger partial charge in [-0.05, 0) is 54.2 Å². The average molecular weight is 458 g/mol. The lowest BCUT2D eigenvalue weighted by atomic mass is 9.99. The summed E-state index contributed by atoms with van der Waals surface area (Å²) in [7, 11) is 0. The van der Waals surface area contributed by atoms with Crippen LogP contribution in [0.2, 0.25) is 0 Å². The number of carbonyl (C=O) groups is 1. The zero-order chi connectivity index (χ0) is 24.8. The maximum Gasteiger partial charge on any atom is 0.175 e. The Morgan fingerprint density at radius 3 is 2.76 bits per heavy atom. The van der Waals surface area contributed by atoms with Crippen molar-refractivity contribution in [2.45, 2.75) is 39.7 Å². The normalized spacial score (nSPS) is 15.9. The number of hydrogen-bond acceptors (Lipinski definition) is 6. The fourth-order valence-corrected chi connectivity index (χ4v) is 3.99. The quantitative estimate of drug-likeness (QED) is 0.369. The van der Waals surface area contributed by atoms with Crippen LogP contribution in [0.3, 0.4) is 0 Å². The van der Waals surface area contributed by atoms with Gasteiger partial charge < -0.3 is 21.3 Å². The summed E-state index contributed by atoms with van der Waals surface area (Å²) >= 11 is 0. The lowest BCUT2D eigenvalue weighted by Gasteiger charge is -2.24. The van der Waals surface area contributed by atoms with Crippen LogP contribution in [0.15, 0.2) is 95.2 Å². The van der Waals surface area contributed by atoms with Crippen LogP contribution in [0, 0.1) is 0 Å². The van der Waals surface area contributed by atoms with Crippen molar-refractivity contribution in [1.29, 1.82) is 0 Å². The molecule has 0 saturated heterocycles. The molecule has 3 rings (SSSR count). The summed E-state index contributed by atoms with van der Waals surface area (Å²) in [6.07, 6.45) is 6.10. The standard InChI is InChI=1S/C28H35N5O/c1-18(22(5)31-16-24-8-10-25-9-7-21(4)32-27(25)15-24)13-28(23(6)34)33-12-11-30-26(14-20(3)29)19(2)17-33/h8,10-11,13,15,31-32H,1,3-5,7,9,12,14,16-17,29H2,2,6H3/b28-13-. The fraction of sp³-hybridized carbons (Fsp3) is 0.286. The molecule has 6 nitrogen and oxygen atoms in total. The van der Waals surface area contributed by atoms with Gasteiger partial charge in [-0.2, -0.15) is 0 Å². The van der Waals surface area contributed by atoms with Crippen LogP contribution in [0.5, 0.6) is 0 Å². The molecule has 0 amide bonds. The number of fused-ring (bicyclic) bond motifs is 1. The second kappa shape index (κ2) is 10.9. The number of hydrogen-bond donors (Lipinski definition) is 3. The van der Waals surface area contributed by atoms with Crippen LogP contribution in [-0.2, 0) is 17.8 Å². The van der Waals surface area contributed by atoms with Gasteiger partial charge in [0.2, 0.25) is 0 Å². The Balaban J connectivity index is 1.68. The number of ketones is 1. The molecule has 0 radical (unpaired) electrons. The number of nitrogens with one attached hydrogen (secondary N) is 2. The van der Waals surface area contributed by atoms with E-state index in [9.17, 15) is 4.79 Å². The van der Waals surface area contributed by atoms with Gasteiger partial charge in [-0.1, -0.05) is 38.4 Å². The molecule has 2 aliphatic heterocycles. The minimum absolute atomic E-state index is 0.0391. The SMILES string of the molecule is C=C(N)CC1=C(C)CN(/C(=C\C(=C)C(=C)NCc2ccc3c(c2)NC(=C)CC3)C(C)=O)CC=N1. The molecule has 6 heteroatoms. The first kappa shape index (κ1) is 24.8. The number of Topliss-reactive ketones (excluding diaryl/α,β-unsaturated/α-hetero) is 1. The van der Waals surface area contributed by atoms with Crippen molar-refractivity contribution in [2.75, 3.05) is 18.4 Å². The van der Waals surface area contributed by atoms with Crippen LogP contribution in [-0.4, -0.2) is 30.0 Å². The van der Waals surface area contributed by atoms with E-state index < -0.39 is 0 Å². The number of aliphatic imine (C=N–C) groups is 1. The molecule has 1 aromatic rings. The molecule has 0 unspecified atom stereocenters. The second-order valence-electron chi connectivity index (χ2n) is 8.92. The first-order valence-corrected chi connectivity index (χ1v) is 11.4. The zero-order valence-corrected chi connectivity index (χ0v) is 20.3. The Kier molecular flexibility index (Phi) is 7.95. The highest BCUT2D eigenvalue weighted by Gasteiger charge is 2.18. The summed E-state index contributed by atoms with van der Waals surface area (Å²) in [5.74, 6) is -0.0391. The molecule has 2 aliphatic rings. The number of allylic oxidation sites excluding steroid dienone is 3. The van der Waals surface area contributed by atoms with Crippen molar-refractivity contribution < 1.29 is 4.79 Å². The molecule has 0 bridgehead atoms. The van der Waals surface area contributed by atoms with E-state index in [0.29, 0.717) is 48.7 Å². The van der Waals surface area contributed by atoms with Gasteiger partial charge in [0, 0.05) is 61.1 Å². The molecule has 2 heterocycles. The molecule has 178 valence electrons. The molecule has 0 spiro atoms. The van der Waals surface area contributed by atoms with E-state index in [-0.39, 0.29) is 5.78 Å². The minimum atomic E-state index is -0.0391. The Morgan fingerprint density at radius 2 is 2.06 bits per heavy atom. The zero-order valence-electron chi connectivity index (χ0n) is 20.3. The van der Waals surface area contributed by atoms with E-state index in [1.807, 2.05) is 11.8 Å². The molecule has 0 saturated carbocycles. The molecular formula is C28H35N5O. The third-order valence-electron chi connectivity index (χ3n) is 5.95. The number of nitrogens with zero attached hydrogens (tertiary/aromatic N) is 2. The summed E-state index contributed by atoms with van der Waals surface area (Å²) in [5, 5.41) is 6.70. The van der Waals surface area contributed by atoms with Crippen LogP contribution in [0.1, 0.15) is 37.8 Å². The van der Waals surface area contributed by atoms with Gasteiger partial charge in [0.15, 0.2) is 5.78 Å². The van der Waals surface area contributed by atoms with Crippen molar-refractivity contribution in [2.24, 2.45) is 10.7 Å². The highest BCUT2D eigenvalue weighted by atomic mass is 16.1. The van der Waals surface area contributed by atoms with Crippen LogP contribution in [0.4, 0.5) is 5.69 Å². The molecule has 0 fully saturated rings. The summed E-state index contributed by atoms with van der Waals surface area (Å²) in [4.78, 5) is 19.0. The summed E-state index contributed by atoms with van der Waals surface area (Å²) in [5.41, 5.74) is 14.8. The maximum atomic E-state index is 12.5. The Morgan fingerprint density at radius 1 is 1.29 bits per heavy atom. The Labute approximate surface area is 203 Å². The molecule has 4 N–H and O–H groups in total. The summed E-state index contributed by atoms with van der Waals surface area (Å²) in [6.45, 7) is 21.4. The molecule has 1 aromatic carbocycles. The summed E-state index contributed by atoms with van der Waals surface area (Å²) in [6, 6.07) is 6.41. The van der Waals surface area contributed by atoms with Gasteiger partial charge >= 0.3 is 0 Å². The molecule has 0 atom stereocenters. The Hall–Kier alpha value is -3.80. The summed E-state index contributed by atoms with van der Waals surface area (Å²) < 4.78 is 0. The number of aryl methyl sites for hydroxylation is 1. The maximum absolute atomic E-state index is 12.5. The van der Waals surface area contributed by atoms with Gasteiger partial charge in [0.05, 0.1) is 12.2 Å². The van der Waals surface area contributed by atoms with Crippen molar-refractivity contribution in [1.82, 2.24) is 10.2 Å². The van der Waals surface area contributed by atoms with Crippen LogP contribution >= 0.6 is 0 Å². The average Bonchev–Trinajstić information content (AvgIpc) is 2.95. The highest BCUT2D eigenvalue weighted by molar-refractivity contribution is 5.93. The molecule has 0 aromatic heterocycles. The number of anilines is 1. The number of nitrogens with two attached hydrogens (primary N) is 1. The fourth-order valence-electron chi connectivity index (χ4n) is 3.99. The number of carbonyl (C=O) groups excluding carboxylic acids is 1. The molecule has 34 heavy (non-hydrogen) atoms.